The Hall–Kier alpha value is -4.26. The zero-order valence-corrected chi connectivity index (χ0v) is 18.2. The number of nitrogens with one attached hydrogen (secondary N) is 1. The van der Waals surface area contributed by atoms with Gasteiger partial charge in [-0.15, -0.1) is 0 Å². The van der Waals surface area contributed by atoms with Gasteiger partial charge in [0.25, 0.3) is 0 Å². The summed E-state index contributed by atoms with van der Waals surface area (Å²) in [5.74, 6) is 1.08. The maximum atomic E-state index is 13.4. The maximum absolute atomic E-state index is 13.4. The van der Waals surface area contributed by atoms with E-state index < -0.39 is 6.04 Å². The lowest BCUT2D eigenvalue weighted by molar-refractivity contribution is -0.115. The van der Waals surface area contributed by atoms with Crippen molar-refractivity contribution in [3.63, 3.8) is 0 Å². The number of carbonyl (C=O) groups excluding carboxylic acids is 2. The molecule has 0 saturated heterocycles. The molecular weight excluding hydrogens is 418 g/mol. The van der Waals surface area contributed by atoms with Crippen LogP contribution in [0.4, 0.5) is 5.69 Å². The van der Waals surface area contributed by atoms with Crippen molar-refractivity contribution in [3.05, 3.63) is 94.6 Å². The van der Waals surface area contributed by atoms with Gasteiger partial charge >= 0.3 is 0 Å². The van der Waals surface area contributed by atoms with Gasteiger partial charge in [0.05, 0.1) is 37.5 Å². The molecule has 0 bridgehead atoms. The molecule has 164 valence electrons. The van der Waals surface area contributed by atoms with E-state index in [1.807, 2.05) is 60.7 Å². The second-order valence-corrected chi connectivity index (χ2v) is 7.78. The SMILES string of the molecule is COc1ccc(CC(=O)Nc2cccc3c2C(=O)C2=C(c4ccc(OC)cc4)N=NC23)cc1. The summed E-state index contributed by atoms with van der Waals surface area (Å²) in [6, 6.07) is 19.6. The predicted octanol–water partition coefficient (Wildman–Crippen LogP) is 5.00. The number of fused-ring (bicyclic) bond motifs is 3. The van der Waals surface area contributed by atoms with Gasteiger partial charge in [0, 0.05) is 5.56 Å². The number of azo groups is 1. The molecule has 1 aliphatic carbocycles. The van der Waals surface area contributed by atoms with E-state index in [0.29, 0.717) is 22.5 Å². The van der Waals surface area contributed by atoms with E-state index in [-0.39, 0.29) is 18.1 Å². The van der Waals surface area contributed by atoms with Crippen molar-refractivity contribution in [1.82, 2.24) is 0 Å². The van der Waals surface area contributed by atoms with Crippen molar-refractivity contribution < 1.29 is 19.1 Å². The highest BCUT2D eigenvalue weighted by Gasteiger charge is 2.42. The minimum absolute atomic E-state index is 0.161. The first-order valence-electron chi connectivity index (χ1n) is 10.5. The third-order valence-electron chi connectivity index (χ3n) is 5.83. The van der Waals surface area contributed by atoms with E-state index in [9.17, 15) is 9.59 Å². The number of ether oxygens (including phenoxy) is 2. The normalized spacial score (nSPS) is 15.9. The van der Waals surface area contributed by atoms with Gasteiger partial charge in [0.2, 0.25) is 5.91 Å². The third kappa shape index (κ3) is 3.67. The average Bonchev–Trinajstić information content (AvgIpc) is 3.40. The number of amides is 1. The number of hydrogen-bond donors (Lipinski definition) is 1. The van der Waals surface area contributed by atoms with Crippen LogP contribution in [0.25, 0.3) is 5.70 Å². The zero-order chi connectivity index (χ0) is 22.9. The fourth-order valence-electron chi connectivity index (χ4n) is 4.18. The molecule has 1 amide bonds. The Labute approximate surface area is 190 Å². The average molecular weight is 439 g/mol. The number of hydrogen-bond acceptors (Lipinski definition) is 6. The largest absolute Gasteiger partial charge is 0.497 e. The summed E-state index contributed by atoms with van der Waals surface area (Å²) in [5.41, 5.74) is 4.45. The summed E-state index contributed by atoms with van der Waals surface area (Å²) in [6.07, 6.45) is 0.185. The monoisotopic (exact) mass is 439 g/mol. The van der Waals surface area contributed by atoms with Gasteiger partial charge in [-0.1, -0.05) is 24.3 Å². The number of carbonyl (C=O) groups is 2. The zero-order valence-electron chi connectivity index (χ0n) is 18.2. The van der Waals surface area contributed by atoms with Crippen molar-refractivity contribution in [2.45, 2.75) is 12.5 Å². The van der Waals surface area contributed by atoms with Crippen LogP contribution in [-0.2, 0) is 11.2 Å². The molecule has 2 aliphatic rings. The first-order chi connectivity index (χ1) is 16.1. The molecule has 7 nitrogen and oxygen atoms in total. The van der Waals surface area contributed by atoms with Gasteiger partial charge in [0.1, 0.15) is 23.2 Å². The maximum Gasteiger partial charge on any atom is 0.228 e. The number of ketones is 1. The highest BCUT2D eigenvalue weighted by molar-refractivity contribution is 6.22. The Kier molecular flexibility index (Phi) is 5.22. The Morgan fingerprint density at radius 3 is 2.27 bits per heavy atom. The van der Waals surface area contributed by atoms with E-state index in [4.69, 9.17) is 9.47 Å². The summed E-state index contributed by atoms with van der Waals surface area (Å²) in [7, 11) is 3.20. The number of methoxy groups -OCH3 is 2. The van der Waals surface area contributed by atoms with Crippen LogP contribution in [0.1, 0.15) is 33.1 Å². The van der Waals surface area contributed by atoms with Gasteiger partial charge in [-0.25, -0.2) is 0 Å². The van der Waals surface area contributed by atoms with E-state index in [0.717, 1.165) is 28.2 Å². The number of rotatable bonds is 6. The van der Waals surface area contributed by atoms with E-state index in [1.165, 1.54) is 0 Å². The summed E-state index contributed by atoms with van der Waals surface area (Å²) < 4.78 is 10.4. The smallest absolute Gasteiger partial charge is 0.228 e. The highest BCUT2D eigenvalue weighted by Crippen LogP contribution is 2.49. The summed E-state index contributed by atoms with van der Waals surface area (Å²) in [6.45, 7) is 0. The van der Waals surface area contributed by atoms with Crippen LogP contribution in [0.3, 0.4) is 0 Å². The molecule has 1 aliphatic heterocycles. The third-order valence-corrected chi connectivity index (χ3v) is 5.83. The van der Waals surface area contributed by atoms with E-state index in [2.05, 4.69) is 15.5 Å². The van der Waals surface area contributed by atoms with Crippen LogP contribution in [0.2, 0.25) is 0 Å². The second-order valence-electron chi connectivity index (χ2n) is 7.78. The second kappa shape index (κ2) is 8.35. The molecule has 1 atom stereocenters. The number of nitrogens with zero attached hydrogens (tertiary/aromatic N) is 2. The van der Waals surface area contributed by atoms with Crippen molar-refractivity contribution >= 4 is 23.1 Å². The molecule has 0 aromatic heterocycles. The van der Waals surface area contributed by atoms with Gasteiger partial charge in [-0.2, -0.15) is 10.2 Å². The van der Waals surface area contributed by atoms with Crippen LogP contribution in [-0.4, -0.2) is 25.9 Å². The van der Waals surface area contributed by atoms with Gasteiger partial charge in [0.15, 0.2) is 5.78 Å². The first-order valence-corrected chi connectivity index (χ1v) is 10.5. The Morgan fingerprint density at radius 2 is 1.61 bits per heavy atom. The molecule has 1 unspecified atom stereocenters. The molecule has 0 saturated carbocycles. The van der Waals surface area contributed by atoms with Crippen LogP contribution in [0, 0.1) is 0 Å². The van der Waals surface area contributed by atoms with Crippen molar-refractivity contribution in [2.75, 3.05) is 19.5 Å². The minimum atomic E-state index is -0.456. The molecule has 0 fully saturated rings. The quantitative estimate of drug-likeness (QED) is 0.585. The molecule has 1 heterocycles. The topological polar surface area (TPSA) is 89.3 Å². The highest BCUT2D eigenvalue weighted by atomic mass is 16.5. The number of benzene rings is 3. The molecule has 5 rings (SSSR count). The molecular formula is C26H21N3O4. The Bertz CT molecular complexity index is 1310. The van der Waals surface area contributed by atoms with Crippen LogP contribution >= 0.6 is 0 Å². The lowest BCUT2D eigenvalue weighted by atomic mass is 10.0. The molecule has 3 aromatic rings. The van der Waals surface area contributed by atoms with Crippen molar-refractivity contribution in [3.8, 4) is 11.5 Å². The van der Waals surface area contributed by atoms with E-state index in [1.54, 1.807) is 20.3 Å². The first kappa shape index (κ1) is 20.6. The van der Waals surface area contributed by atoms with Crippen molar-refractivity contribution in [2.24, 2.45) is 10.2 Å². The molecule has 7 heteroatoms. The Morgan fingerprint density at radius 1 is 0.939 bits per heavy atom. The fourth-order valence-corrected chi connectivity index (χ4v) is 4.18. The fraction of sp³-hybridized carbons (Fsp3) is 0.154. The lowest BCUT2D eigenvalue weighted by Gasteiger charge is -2.10. The van der Waals surface area contributed by atoms with Crippen LogP contribution in [0.15, 0.2) is 82.5 Å². The lowest BCUT2D eigenvalue weighted by Crippen LogP contribution is -2.16. The summed E-state index contributed by atoms with van der Waals surface area (Å²) >= 11 is 0. The minimum Gasteiger partial charge on any atom is -0.497 e. The molecule has 3 aromatic carbocycles. The molecule has 33 heavy (non-hydrogen) atoms. The van der Waals surface area contributed by atoms with Gasteiger partial charge in [-0.3, -0.25) is 9.59 Å². The summed E-state index contributed by atoms with van der Waals surface area (Å²) in [4.78, 5) is 26.2. The standard InChI is InChI=1S/C26H21N3O4/c1-32-17-10-6-15(7-11-17)14-21(30)27-20-5-3-4-19-22(20)26(31)23-24(28-29-25(19)23)16-8-12-18(33-2)13-9-16/h3-13,25H,14H2,1-2H3,(H,27,30). The number of Topliss-reactive ketones (excluding diaryl/α,β-unsaturated/α-hetero) is 1. The summed E-state index contributed by atoms with van der Waals surface area (Å²) in [5, 5.41) is 11.6. The molecule has 1 N–H and O–H groups in total. The van der Waals surface area contributed by atoms with Crippen molar-refractivity contribution in [1.29, 1.82) is 0 Å². The van der Waals surface area contributed by atoms with E-state index >= 15 is 0 Å². The van der Waals surface area contributed by atoms with Crippen LogP contribution in [0.5, 0.6) is 11.5 Å². The molecule has 0 radical (unpaired) electrons. The van der Waals surface area contributed by atoms with Crippen LogP contribution < -0.4 is 14.8 Å². The molecule has 0 spiro atoms. The Balaban J connectivity index is 1.42. The van der Waals surface area contributed by atoms with Gasteiger partial charge in [-0.05, 0) is 53.6 Å². The predicted molar refractivity (Wildman–Crippen MR) is 124 cm³/mol. The number of anilines is 1. The van der Waals surface area contributed by atoms with Gasteiger partial charge < -0.3 is 14.8 Å².